The van der Waals surface area contributed by atoms with Gasteiger partial charge in [0.05, 0.1) is 24.6 Å². The minimum atomic E-state index is -0.843. The molecule has 2 rings (SSSR count). The minimum Gasteiger partial charge on any atom is -0.389 e. The number of nitrogens with zero attached hydrogens (tertiary/aromatic N) is 3. The third kappa shape index (κ3) is 3.12. The molecule has 0 radical (unpaired) electrons. The molecular weight excluding hydrogens is 253 g/mol. The molecule has 0 amide bonds. The van der Waals surface area contributed by atoms with Crippen LogP contribution in [0.15, 0.2) is 23.0 Å². The van der Waals surface area contributed by atoms with Crippen LogP contribution in [-0.4, -0.2) is 39.4 Å². The van der Waals surface area contributed by atoms with Gasteiger partial charge in [-0.3, -0.25) is 4.79 Å². The minimum absolute atomic E-state index is 0.0147. The standard InChI is InChI=1S/C12H14FN3O3/c1-2-19-7-9(17)6-16-12(18)10-4-3-8(13)5-11(10)14-15-16/h3-5,9,17H,2,6-7H2,1H3. The summed E-state index contributed by atoms with van der Waals surface area (Å²) in [6, 6.07) is 3.68. The van der Waals surface area contributed by atoms with Gasteiger partial charge >= 0.3 is 0 Å². The van der Waals surface area contributed by atoms with Crippen LogP contribution >= 0.6 is 0 Å². The van der Waals surface area contributed by atoms with Gasteiger partial charge in [0.1, 0.15) is 11.3 Å². The number of halogens is 1. The summed E-state index contributed by atoms with van der Waals surface area (Å²) in [6.07, 6.45) is -0.843. The Hall–Kier alpha value is -1.86. The Labute approximate surface area is 108 Å². The Bertz CT molecular complexity index is 629. The van der Waals surface area contributed by atoms with E-state index in [0.717, 1.165) is 10.7 Å². The van der Waals surface area contributed by atoms with Crippen LogP contribution in [0.1, 0.15) is 6.92 Å². The smallest absolute Gasteiger partial charge is 0.277 e. The zero-order valence-electron chi connectivity index (χ0n) is 10.4. The summed E-state index contributed by atoms with van der Waals surface area (Å²) in [5, 5.41) is 17.4. The van der Waals surface area contributed by atoms with Crippen LogP contribution < -0.4 is 5.56 Å². The third-order valence-electron chi connectivity index (χ3n) is 2.58. The van der Waals surface area contributed by atoms with E-state index < -0.39 is 17.5 Å². The van der Waals surface area contributed by atoms with Crippen molar-refractivity contribution in [1.29, 1.82) is 0 Å². The summed E-state index contributed by atoms with van der Waals surface area (Å²) in [4.78, 5) is 12.0. The van der Waals surface area contributed by atoms with E-state index >= 15 is 0 Å². The van der Waals surface area contributed by atoms with Gasteiger partial charge in [-0.25, -0.2) is 9.07 Å². The molecule has 1 aromatic heterocycles. The molecular formula is C12H14FN3O3. The Kier molecular flexibility index (Phi) is 4.18. The summed E-state index contributed by atoms with van der Waals surface area (Å²) in [7, 11) is 0. The van der Waals surface area contributed by atoms with Gasteiger partial charge in [0.2, 0.25) is 0 Å². The van der Waals surface area contributed by atoms with Crippen molar-refractivity contribution in [3.05, 3.63) is 34.4 Å². The van der Waals surface area contributed by atoms with Crippen molar-refractivity contribution in [2.45, 2.75) is 19.6 Å². The average molecular weight is 267 g/mol. The average Bonchev–Trinajstić information content (AvgIpc) is 2.39. The van der Waals surface area contributed by atoms with Crippen LogP contribution in [0.25, 0.3) is 10.9 Å². The van der Waals surface area contributed by atoms with Crippen LogP contribution in [0.3, 0.4) is 0 Å². The molecule has 0 aliphatic rings. The monoisotopic (exact) mass is 267 g/mol. The second-order valence-electron chi connectivity index (χ2n) is 4.05. The molecule has 1 atom stereocenters. The lowest BCUT2D eigenvalue weighted by Gasteiger charge is -2.11. The van der Waals surface area contributed by atoms with E-state index in [9.17, 15) is 14.3 Å². The maximum absolute atomic E-state index is 13.0. The fourth-order valence-electron chi connectivity index (χ4n) is 1.68. The summed E-state index contributed by atoms with van der Waals surface area (Å²) < 4.78 is 19.1. The van der Waals surface area contributed by atoms with E-state index in [2.05, 4.69) is 10.3 Å². The van der Waals surface area contributed by atoms with Crippen LogP contribution in [0, 0.1) is 5.82 Å². The van der Waals surface area contributed by atoms with Crippen molar-refractivity contribution < 1.29 is 14.2 Å². The van der Waals surface area contributed by atoms with Crippen molar-refractivity contribution in [1.82, 2.24) is 15.0 Å². The van der Waals surface area contributed by atoms with Crippen molar-refractivity contribution in [2.75, 3.05) is 13.2 Å². The maximum atomic E-state index is 13.0. The highest BCUT2D eigenvalue weighted by Gasteiger charge is 2.11. The van der Waals surface area contributed by atoms with Crippen molar-refractivity contribution in [3.63, 3.8) is 0 Å². The Balaban J connectivity index is 2.28. The van der Waals surface area contributed by atoms with Gasteiger partial charge in [-0.05, 0) is 19.1 Å². The quantitative estimate of drug-likeness (QED) is 0.844. The predicted molar refractivity (Wildman–Crippen MR) is 66.3 cm³/mol. The molecule has 0 spiro atoms. The zero-order valence-corrected chi connectivity index (χ0v) is 10.4. The second kappa shape index (κ2) is 5.85. The molecule has 0 fully saturated rings. The first-order valence-electron chi connectivity index (χ1n) is 5.90. The Morgan fingerprint density at radius 2 is 2.32 bits per heavy atom. The molecule has 6 nitrogen and oxygen atoms in total. The fourth-order valence-corrected chi connectivity index (χ4v) is 1.68. The van der Waals surface area contributed by atoms with Crippen LogP contribution in [0.4, 0.5) is 4.39 Å². The molecule has 1 aromatic carbocycles. The fraction of sp³-hybridized carbons (Fsp3) is 0.417. The van der Waals surface area contributed by atoms with E-state index in [1.54, 1.807) is 0 Å². The highest BCUT2D eigenvalue weighted by atomic mass is 19.1. The van der Waals surface area contributed by atoms with E-state index in [0.29, 0.717) is 6.61 Å². The third-order valence-corrected chi connectivity index (χ3v) is 2.58. The molecule has 0 saturated heterocycles. The summed E-state index contributed by atoms with van der Waals surface area (Å²) in [5.74, 6) is -0.477. The largest absolute Gasteiger partial charge is 0.389 e. The van der Waals surface area contributed by atoms with E-state index in [1.807, 2.05) is 6.92 Å². The lowest BCUT2D eigenvalue weighted by atomic mass is 10.2. The number of aliphatic hydroxyl groups excluding tert-OH is 1. The van der Waals surface area contributed by atoms with Crippen molar-refractivity contribution >= 4 is 10.9 Å². The van der Waals surface area contributed by atoms with Gasteiger partial charge in [0, 0.05) is 12.7 Å². The topological polar surface area (TPSA) is 77.2 Å². The second-order valence-corrected chi connectivity index (χ2v) is 4.05. The molecule has 0 bridgehead atoms. The molecule has 0 saturated carbocycles. The highest BCUT2D eigenvalue weighted by molar-refractivity contribution is 5.76. The predicted octanol–water partition coefficient (Wildman–Crippen LogP) is 0.328. The van der Waals surface area contributed by atoms with E-state index in [1.165, 1.54) is 12.1 Å². The van der Waals surface area contributed by atoms with Crippen molar-refractivity contribution in [3.8, 4) is 0 Å². The summed E-state index contributed by atoms with van der Waals surface area (Å²) in [6.45, 7) is 2.39. The first kappa shape index (κ1) is 13.6. The Morgan fingerprint density at radius 1 is 1.53 bits per heavy atom. The summed E-state index contributed by atoms with van der Waals surface area (Å²) in [5.41, 5.74) is -0.221. The van der Waals surface area contributed by atoms with Gasteiger partial charge in [-0.15, -0.1) is 5.10 Å². The number of benzene rings is 1. The van der Waals surface area contributed by atoms with Crippen LogP contribution in [0.5, 0.6) is 0 Å². The number of hydrogen-bond acceptors (Lipinski definition) is 5. The van der Waals surface area contributed by atoms with Gasteiger partial charge in [-0.1, -0.05) is 5.21 Å². The van der Waals surface area contributed by atoms with Crippen LogP contribution in [0.2, 0.25) is 0 Å². The first-order chi connectivity index (χ1) is 9.11. The van der Waals surface area contributed by atoms with Gasteiger partial charge < -0.3 is 9.84 Å². The maximum Gasteiger partial charge on any atom is 0.277 e. The number of fused-ring (bicyclic) bond motifs is 1. The number of ether oxygens (including phenoxy) is 1. The van der Waals surface area contributed by atoms with E-state index in [4.69, 9.17) is 4.74 Å². The van der Waals surface area contributed by atoms with Gasteiger partial charge in [-0.2, -0.15) is 0 Å². The van der Waals surface area contributed by atoms with Gasteiger partial charge in [0.25, 0.3) is 5.56 Å². The zero-order chi connectivity index (χ0) is 13.8. The van der Waals surface area contributed by atoms with Crippen molar-refractivity contribution in [2.24, 2.45) is 0 Å². The molecule has 0 aliphatic heterocycles. The molecule has 1 unspecified atom stereocenters. The lowest BCUT2D eigenvalue weighted by molar-refractivity contribution is 0.0305. The molecule has 7 heteroatoms. The number of rotatable bonds is 5. The molecule has 2 aromatic rings. The highest BCUT2D eigenvalue weighted by Crippen LogP contribution is 2.07. The molecule has 19 heavy (non-hydrogen) atoms. The summed E-state index contributed by atoms with van der Waals surface area (Å²) >= 11 is 0. The number of hydrogen-bond donors (Lipinski definition) is 1. The van der Waals surface area contributed by atoms with Crippen LogP contribution in [-0.2, 0) is 11.3 Å². The molecule has 1 N–H and O–H groups in total. The van der Waals surface area contributed by atoms with Gasteiger partial charge in [0.15, 0.2) is 0 Å². The molecule has 102 valence electrons. The molecule has 1 heterocycles. The first-order valence-corrected chi connectivity index (χ1v) is 5.90. The number of aromatic nitrogens is 3. The Morgan fingerprint density at radius 3 is 3.05 bits per heavy atom. The SMILES string of the molecule is CCOCC(O)Cn1nnc2cc(F)ccc2c1=O. The number of aliphatic hydroxyl groups is 1. The normalized spacial score (nSPS) is 12.8. The van der Waals surface area contributed by atoms with E-state index in [-0.39, 0.29) is 24.1 Å². The lowest BCUT2D eigenvalue weighted by Crippen LogP contribution is -2.32. The molecule has 0 aliphatic carbocycles.